The Kier molecular flexibility index (Phi) is 3.84. The SMILES string of the molecule is CN(CC(O)C1CC1)C(=O)c1cccc(Br)c1. The zero-order valence-electron chi connectivity index (χ0n) is 9.77. The minimum Gasteiger partial charge on any atom is -0.391 e. The predicted molar refractivity (Wildman–Crippen MR) is 69.8 cm³/mol. The molecule has 1 amide bonds. The molecule has 0 bridgehead atoms. The first kappa shape index (κ1) is 12.6. The predicted octanol–water partition coefficient (Wildman–Crippen LogP) is 2.29. The summed E-state index contributed by atoms with van der Waals surface area (Å²) in [5.41, 5.74) is 0.643. The fraction of sp³-hybridized carbons (Fsp3) is 0.462. The molecule has 1 atom stereocenters. The number of aliphatic hydroxyl groups is 1. The maximum atomic E-state index is 12.1. The smallest absolute Gasteiger partial charge is 0.253 e. The number of benzene rings is 1. The molecule has 92 valence electrons. The number of nitrogens with zero attached hydrogens (tertiary/aromatic N) is 1. The van der Waals surface area contributed by atoms with Crippen LogP contribution in [-0.4, -0.2) is 35.6 Å². The second-order valence-electron chi connectivity index (χ2n) is 4.60. The number of rotatable bonds is 4. The van der Waals surface area contributed by atoms with Crippen molar-refractivity contribution in [2.24, 2.45) is 5.92 Å². The van der Waals surface area contributed by atoms with Crippen LogP contribution in [0, 0.1) is 5.92 Å². The highest BCUT2D eigenvalue weighted by molar-refractivity contribution is 9.10. The molecule has 1 fully saturated rings. The van der Waals surface area contributed by atoms with Gasteiger partial charge in [0.05, 0.1) is 6.10 Å². The third-order valence-corrected chi connectivity index (χ3v) is 3.54. The summed E-state index contributed by atoms with van der Waals surface area (Å²) in [4.78, 5) is 13.7. The third kappa shape index (κ3) is 3.30. The van der Waals surface area contributed by atoms with Crippen molar-refractivity contribution in [3.63, 3.8) is 0 Å². The van der Waals surface area contributed by atoms with Gasteiger partial charge in [0, 0.05) is 23.6 Å². The van der Waals surface area contributed by atoms with E-state index in [0.29, 0.717) is 18.0 Å². The molecule has 1 aromatic carbocycles. The van der Waals surface area contributed by atoms with Crippen LogP contribution in [0.3, 0.4) is 0 Å². The lowest BCUT2D eigenvalue weighted by Crippen LogP contribution is -2.35. The molecule has 0 aliphatic heterocycles. The first-order valence-electron chi connectivity index (χ1n) is 5.77. The van der Waals surface area contributed by atoms with Crippen molar-refractivity contribution in [2.75, 3.05) is 13.6 Å². The lowest BCUT2D eigenvalue weighted by molar-refractivity contribution is 0.0645. The Labute approximate surface area is 110 Å². The van der Waals surface area contributed by atoms with E-state index in [0.717, 1.165) is 17.3 Å². The average Bonchev–Trinajstić information content (AvgIpc) is 3.11. The van der Waals surface area contributed by atoms with Gasteiger partial charge in [-0.1, -0.05) is 22.0 Å². The van der Waals surface area contributed by atoms with E-state index >= 15 is 0 Å². The van der Waals surface area contributed by atoms with Crippen molar-refractivity contribution in [3.05, 3.63) is 34.3 Å². The highest BCUT2D eigenvalue weighted by Crippen LogP contribution is 2.32. The van der Waals surface area contributed by atoms with Crippen LogP contribution in [0.15, 0.2) is 28.7 Å². The van der Waals surface area contributed by atoms with E-state index in [-0.39, 0.29) is 12.0 Å². The van der Waals surface area contributed by atoms with Crippen molar-refractivity contribution < 1.29 is 9.90 Å². The lowest BCUT2D eigenvalue weighted by atomic mass is 10.2. The third-order valence-electron chi connectivity index (χ3n) is 3.05. The Morgan fingerprint density at radius 2 is 2.29 bits per heavy atom. The molecule has 0 heterocycles. The van der Waals surface area contributed by atoms with Crippen molar-refractivity contribution in [1.29, 1.82) is 0 Å². The van der Waals surface area contributed by atoms with Crippen LogP contribution in [0.2, 0.25) is 0 Å². The number of likely N-dealkylation sites (N-methyl/N-ethyl adjacent to an activating group) is 1. The summed E-state index contributed by atoms with van der Waals surface area (Å²) in [5, 5.41) is 9.81. The van der Waals surface area contributed by atoms with Crippen LogP contribution in [0.5, 0.6) is 0 Å². The number of halogens is 1. The van der Waals surface area contributed by atoms with Crippen molar-refractivity contribution >= 4 is 21.8 Å². The van der Waals surface area contributed by atoms with Gasteiger partial charge in [0.25, 0.3) is 5.91 Å². The Morgan fingerprint density at radius 3 is 2.88 bits per heavy atom. The Hall–Kier alpha value is -0.870. The second-order valence-corrected chi connectivity index (χ2v) is 5.52. The molecule has 1 aliphatic rings. The normalized spacial score (nSPS) is 16.6. The molecule has 0 saturated heterocycles. The van der Waals surface area contributed by atoms with Gasteiger partial charge < -0.3 is 10.0 Å². The summed E-state index contributed by atoms with van der Waals surface area (Å²) in [6.45, 7) is 0.413. The monoisotopic (exact) mass is 297 g/mol. The molecule has 4 heteroatoms. The van der Waals surface area contributed by atoms with Gasteiger partial charge in [-0.3, -0.25) is 4.79 Å². The number of carbonyl (C=O) groups is 1. The molecule has 3 nitrogen and oxygen atoms in total. The zero-order valence-corrected chi connectivity index (χ0v) is 11.4. The van der Waals surface area contributed by atoms with Crippen molar-refractivity contribution in [2.45, 2.75) is 18.9 Å². The van der Waals surface area contributed by atoms with Gasteiger partial charge in [-0.25, -0.2) is 0 Å². The van der Waals surface area contributed by atoms with Crippen LogP contribution in [0.1, 0.15) is 23.2 Å². The van der Waals surface area contributed by atoms with E-state index < -0.39 is 0 Å². The summed E-state index contributed by atoms with van der Waals surface area (Å²) < 4.78 is 0.888. The van der Waals surface area contributed by atoms with Gasteiger partial charge in [-0.15, -0.1) is 0 Å². The fourth-order valence-corrected chi connectivity index (χ4v) is 2.23. The molecule has 1 saturated carbocycles. The molecule has 17 heavy (non-hydrogen) atoms. The van der Waals surface area contributed by atoms with Crippen LogP contribution >= 0.6 is 15.9 Å². The first-order chi connectivity index (χ1) is 8.08. The summed E-state index contributed by atoms with van der Waals surface area (Å²) in [6, 6.07) is 7.30. The van der Waals surface area contributed by atoms with Crippen molar-refractivity contribution in [1.82, 2.24) is 4.90 Å². The van der Waals surface area contributed by atoms with E-state index in [2.05, 4.69) is 15.9 Å². The topological polar surface area (TPSA) is 40.5 Å². The minimum absolute atomic E-state index is 0.0500. The Morgan fingerprint density at radius 1 is 1.59 bits per heavy atom. The van der Waals surface area contributed by atoms with E-state index in [1.54, 1.807) is 24.1 Å². The van der Waals surface area contributed by atoms with E-state index in [1.807, 2.05) is 12.1 Å². The Balaban J connectivity index is 1.98. The molecule has 0 radical (unpaired) electrons. The maximum absolute atomic E-state index is 12.1. The molecule has 0 spiro atoms. The quantitative estimate of drug-likeness (QED) is 0.926. The zero-order chi connectivity index (χ0) is 12.4. The highest BCUT2D eigenvalue weighted by Gasteiger charge is 2.31. The van der Waals surface area contributed by atoms with E-state index in [9.17, 15) is 9.90 Å². The van der Waals surface area contributed by atoms with Crippen LogP contribution in [0.4, 0.5) is 0 Å². The van der Waals surface area contributed by atoms with Crippen LogP contribution < -0.4 is 0 Å². The summed E-state index contributed by atoms with van der Waals surface area (Å²) in [6.07, 6.45) is 1.79. The number of amides is 1. The van der Waals surface area contributed by atoms with E-state index in [1.165, 1.54) is 0 Å². The fourth-order valence-electron chi connectivity index (χ4n) is 1.84. The first-order valence-corrected chi connectivity index (χ1v) is 6.56. The summed E-state index contributed by atoms with van der Waals surface area (Å²) in [5.74, 6) is 0.346. The van der Waals surface area contributed by atoms with Gasteiger partial charge in [-0.2, -0.15) is 0 Å². The second kappa shape index (κ2) is 5.19. The molecule has 2 rings (SSSR count). The minimum atomic E-state index is -0.379. The van der Waals surface area contributed by atoms with Gasteiger partial charge >= 0.3 is 0 Å². The molecule has 1 aliphatic carbocycles. The molecular formula is C13H16BrNO2. The number of hydrogen-bond donors (Lipinski definition) is 1. The van der Waals surface area contributed by atoms with Gasteiger partial charge in [0.2, 0.25) is 0 Å². The van der Waals surface area contributed by atoms with Gasteiger partial charge in [0.15, 0.2) is 0 Å². The average molecular weight is 298 g/mol. The molecule has 1 N–H and O–H groups in total. The summed E-state index contributed by atoms with van der Waals surface area (Å²) in [7, 11) is 1.73. The van der Waals surface area contributed by atoms with Crippen LogP contribution in [0.25, 0.3) is 0 Å². The van der Waals surface area contributed by atoms with Gasteiger partial charge in [-0.05, 0) is 37.0 Å². The maximum Gasteiger partial charge on any atom is 0.253 e. The van der Waals surface area contributed by atoms with Crippen LogP contribution in [-0.2, 0) is 0 Å². The number of aliphatic hydroxyl groups excluding tert-OH is 1. The molecule has 1 unspecified atom stereocenters. The largest absolute Gasteiger partial charge is 0.391 e. The number of hydrogen-bond acceptors (Lipinski definition) is 2. The lowest BCUT2D eigenvalue weighted by Gasteiger charge is -2.20. The standard InChI is InChI=1S/C13H16BrNO2/c1-15(8-12(16)9-5-6-9)13(17)10-3-2-4-11(14)7-10/h2-4,7,9,12,16H,5-6,8H2,1H3. The van der Waals surface area contributed by atoms with Crippen molar-refractivity contribution in [3.8, 4) is 0 Å². The number of carbonyl (C=O) groups excluding carboxylic acids is 1. The highest BCUT2D eigenvalue weighted by atomic mass is 79.9. The Bertz CT molecular complexity index is 418. The van der Waals surface area contributed by atoms with Gasteiger partial charge in [0.1, 0.15) is 0 Å². The molecule has 1 aromatic rings. The molecular weight excluding hydrogens is 282 g/mol. The summed E-state index contributed by atoms with van der Waals surface area (Å²) >= 11 is 3.34. The molecule has 0 aromatic heterocycles. The van der Waals surface area contributed by atoms with E-state index in [4.69, 9.17) is 0 Å².